The molecule has 1 aromatic carbocycles. The first kappa shape index (κ1) is 15.8. The van der Waals surface area contributed by atoms with E-state index in [0.717, 1.165) is 15.9 Å². The van der Waals surface area contributed by atoms with Gasteiger partial charge in [-0.25, -0.2) is 9.78 Å². The molecule has 0 spiro atoms. The van der Waals surface area contributed by atoms with Crippen molar-refractivity contribution in [2.75, 3.05) is 12.4 Å². The van der Waals surface area contributed by atoms with Gasteiger partial charge in [0.15, 0.2) is 5.65 Å². The molecule has 0 atom stereocenters. The molecule has 0 saturated carbocycles. The van der Waals surface area contributed by atoms with Gasteiger partial charge in [0.1, 0.15) is 11.1 Å². The van der Waals surface area contributed by atoms with E-state index in [1.807, 2.05) is 24.3 Å². The molecule has 124 valence electrons. The molecule has 0 amide bonds. The summed E-state index contributed by atoms with van der Waals surface area (Å²) in [6, 6.07) is 9.39. The number of aromatic nitrogens is 3. The Labute approximate surface area is 138 Å². The van der Waals surface area contributed by atoms with Gasteiger partial charge < -0.3 is 10.1 Å². The fourth-order valence-corrected chi connectivity index (χ4v) is 2.61. The molecule has 0 unspecified atom stereocenters. The molecule has 24 heavy (non-hydrogen) atoms. The summed E-state index contributed by atoms with van der Waals surface area (Å²) in [7, 11) is 4.68. The number of methoxy groups -OCH3 is 1. The maximum absolute atomic E-state index is 12.5. The number of ether oxygens (including phenoxy) is 1. The summed E-state index contributed by atoms with van der Waals surface area (Å²) < 4.78 is 7.66. The minimum absolute atomic E-state index is 0.360. The van der Waals surface area contributed by atoms with Crippen LogP contribution >= 0.6 is 0 Å². The Kier molecular flexibility index (Phi) is 4.07. The van der Waals surface area contributed by atoms with E-state index in [1.165, 1.54) is 11.6 Å². The average Bonchev–Trinajstić information content (AvgIpc) is 2.62. The number of nitrogens with zero attached hydrogens (tertiary/aromatic N) is 3. The summed E-state index contributed by atoms with van der Waals surface area (Å²) in [4.78, 5) is 28.7. The molecule has 0 aliphatic carbocycles. The Balaban J connectivity index is 2.04. The van der Waals surface area contributed by atoms with Crippen molar-refractivity contribution < 1.29 is 4.74 Å². The molecule has 1 N–H and O–H groups in total. The summed E-state index contributed by atoms with van der Waals surface area (Å²) in [6.45, 7) is 0.516. The van der Waals surface area contributed by atoms with Crippen molar-refractivity contribution in [1.82, 2.24) is 14.1 Å². The third-order valence-electron chi connectivity index (χ3n) is 3.96. The second-order valence-electron chi connectivity index (χ2n) is 5.47. The van der Waals surface area contributed by atoms with Crippen molar-refractivity contribution in [3.8, 4) is 5.75 Å². The van der Waals surface area contributed by atoms with E-state index in [4.69, 9.17) is 4.74 Å². The Hall–Kier alpha value is -3.09. The minimum atomic E-state index is -0.398. The van der Waals surface area contributed by atoms with Gasteiger partial charge in [-0.15, -0.1) is 0 Å². The highest BCUT2D eigenvalue weighted by Gasteiger charge is 2.13. The molecule has 0 fully saturated rings. The van der Waals surface area contributed by atoms with E-state index >= 15 is 0 Å². The lowest BCUT2D eigenvalue weighted by molar-refractivity contribution is 0.414. The van der Waals surface area contributed by atoms with Crippen LogP contribution in [0, 0.1) is 0 Å². The van der Waals surface area contributed by atoms with E-state index in [0.29, 0.717) is 23.3 Å². The normalized spacial score (nSPS) is 10.8. The van der Waals surface area contributed by atoms with E-state index in [9.17, 15) is 9.59 Å². The molecule has 0 radical (unpaired) electrons. The van der Waals surface area contributed by atoms with E-state index in [2.05, 4.69) is 10.3 Å². The second kappa shape index (κ2) is 6.19. The van der Waals surface area contributed by atoms with Crippen molar-refractivity contribution in [2.45, 2.75) is 6.54 Å². The zero-order valence-electron chi connectivity index (χ0n) is 13.7. The first-order chi connectivity index (χ1) is 11.5. The van der Waals surface area contributed by atoms with Crippen molar-refractivity contribution in [3.63, 3.8) is 0 Å². The highest BCUT2D eigenvalue weighted by atomic mass is 16.5. The lowest BCUT2D eigenvalue weighted by Crippen LogP contribution is -2.37. The van der Waals surface area contributed by atoms with E-state index in [1.54, 1.807) is 26.4 Å². The fraction of sp³-hybridized carbons (Fsp3) is 0.235. The van der Waals surface area contributed by atoms with Crippen molar-refractivity contribution >= 4 is 16.7 Å². The third kappa shape index (κ3) is 2.64. The van der Waals surface area contributed by atoms with Crippen LogP contribution in [-0.2, 0) is 20.6 Å². The van der Waals surface area contributed by atoms with Gasteiger partial charge in [-0.3, -0.25) is 13.9 Å². The van der Waals surface area contributed by atoms with Gasteiger partial charge >= 0.3 is 5.69 Å². The Morgan fingerprint density at radius 1 is 1.17 bits per heavy atom. The van der Waals surface area contributed by atoms with Crippen LogP contribution in [-0.4, -0.2) is 21.2 Å². The first-order valence-corrected chi connectivity index (χ1v) is 7.44. The Morgan fingerprint density at radius 2 is 1.96 bits per heavy atom. The largest absolute Gasteiger partial charge is 0.497 e. The number of aryl methyl sites for hydroxylation is 1. The monoisotopic (exact) mass is 326 g/mol. The standard InChI is InChI=1S/C17H18N4O3/c1-20-15-14(16(22)21(2)17(20)23)13(7-8-18-15)19-10-11-5-4-6-12(9-11)24-3/h4-9H,10H2,1-3H3,(H,18,19). The van der Waals surface area contributed by atoms with Crippen LogP contribution in [0.1, 0.15) is 5.56 Å². The number of pyridine rings is 1. The summed E-state index contributed by atoms with van der Waals surface area (Å²) in [5.41, 5.74) is 1.25. The molecular formula is C17H18N4O3. The highest BCUT2D eigenvalue weighted by molar-refractivity contribution is 5.88. The highest BCUT2D eigenvalue weighted by Crippen LogP contribution is 2.19. The summed E-state index contributed by atoms with van der Waals surface area (Å²) in [5.74, 6) is 0.771. The predicted molar refractivity (Wildman–Crippen MR) is 92.5 cm³/mol. The number of nitrogens with one attached hydrogen (secondary N) is 1. The number of benzene rings is 1. The lowest BCUT2D eigenvalue weighted by atomic mass is 10.2. The summed E-state index contributed by atoms with van der Waals surface area (Å²) >= 11 is 0. The van der Waals surface area contributed by atoms with Gasteiger partial charge in [0.25, 0.3) is 5.56 Å². The number of hydrogen-bond donors (Lipinski definition) is 1. The second-order valence-corrected chi connectivity index (χ2v) is 5.47. The van der Waals surface area contributed by atoms with Gasteiger partial charge in [0, 0.05) is 26.8 Å². The zero-order chi connectivity index (χ0) is 17.3. The smallest absolute Gasteiger partial charge is 0.332 e. The lowest BCUT2D eigenvalue weighted by Gasteiger charge is -2.12. The summed E-state index contributed by atoms with van der Waals surface area (Å²) in [6.07, 6.45) is 1.58. The first-order valence-electron chi connectivity index (χ1n) is 7.44. The fourth-order valence-electron chi connectivity index (χ4n) is 2.61. The van der Waals surface area contributed by atoms with Gasteiger partial charge in [-0.05, 0) is 23.8 Å². The zero-order valence-corrected chi connectivity index (χ0v) is 13.7. The molecule has 2 heterocycles. The molecule has 7 nitrogen and oxygen atoms in total. The average molecular weight is 326 g/mol. The molecule has 0 aliphatic heterocycles. The van der Waals surface area contributed by atoms with Crippen LogP contribution in [0.15, 0.2) is 46.1 Å². The molecule has 0 aliphatic rings. The van der Waals surface area contributed by atoms with Crippen LogP contribution in [0.4, 0.5) is 5.69 Å². The van der Waals surface area contributed by atoms with Crippen molar-refractivity contribution in [1.29, 1.82) is 0 Å². The quantitative estimate of drug-likeness (QED) is 0.781. The Bertz CT molecular complexity index is 1020. The van der Waals surface area contributed by atoms with Crippen LogP contribution in [0.3, 0.4) is 0 Å². The topological polar surface area (TPSA) is 78.2 Å². The van der Waals surface area contributed by atoms with Gasteiger partial charge in [-0.2, -0.15) is 0 Å². The summed E-state index contributed by atoms with van der Waals surface area (Å²) in [5, 5.41) is 3.64. The van der Waals surface area contributed by atoms with Crippen LogP contribution in [0.25, 0.3) is 11.0 Å². The maximum atomic E-state index is 12.5. The number of anilines is 1. The molecule has 3 rings (SSSR count). The number of hydrogen-bond acceptors (Lipinski definition) is 5. The van der Waals surface area contributed by atoms with Crippen molar-refractivity contribution in [3.05, 3.63) is 62.9 Å². The van der Waals surface area contributed by atoms with Gasteiger partial charge in [-0.1, -0.05) is 12.1 Å². The van der Waals surface area contributed by atoms with E-state index < -0.39 is 5.69 Å². The van der Waals surface area contributed by atoms with Crippen molar-refractivity contribution in [2.24, 2.45) is 14.1 Å². The maximum Gasteiger partial charge on any atom is 0.332 e. The SMILES string of the molecule is COc1cccc(CNc2ccnc3c2c(=O)n(C)c(=O)n3C)c1. The minimum Gasteiger partial charge on any atom is -0.497 e. The number of fused-ring (bicyclic) bond motifs is 1. The van der Waals surface area contributed by atoms with Crippen LogP contribution < -0.4 is 21.3 Å². The molecular weight excluding hydrogens is 308 g/mol. The third-order valence-corrected chi connectivity index (χ3v) is 3.96. The Morgan fingerprint density at radius 3 is 2.71 bits per heavy atom. The molecule has 0 saturated heterocycles. The van der Waals surface area contributed by atoms with E-state index in [-0.39, 0.29) is 5.56 Å². The number of rotatable bonds is 4. The molecule has 2 aromatic heterocycles. The van der Waals surface area contributed by atoms with Gasteiger partial charge in [0.05, 0.1) is 12.8 Å². The predicted octanol–water partition coefficient (Wildman–Crippen LogP) is 1.25. The molecule has 7 heteroatoms. The van der Waals surface area contributed by atoms with Crippen LogP contribution in [0.5, 0.6) is 5.75 Å². The van der Waals surface area contributed by atoms with Crippen LogP contribution in [0.2, 0.25) is 0 Å². The molecule has 3 aromatic rings. The molecule has 0 bridgehead atoms. The van der Waals surface area contributed by atoms with Gasteiger partial charge in [0.2, 0.25) is 0 Å².